The van der Waals surface area contributed by atoms with E-state index in [1.807, 2.05) is 0 Å². The van der Waals surface area contributed by atoms with Crippen molar-refractivity contribution in [3.63, 3.8) is 0 Å². The lowest BCUT2D eigenvalue weighted by molar-refractivity contribution is 0.157. The Kier molecular flexibility index (Phi) is 7.62. The number of ether oxygens (including phenoxy) is 3. The van der Waals surface area contributed by atoms with Crippen molar-refractivity contribution in [1.29, 1.82) is 0 Å². The van der Waals surface area contributed by atoms with Crippen LogP contribution in [0.2, 0.25) is 0 Å². The second kappa shape index (κ2) is 12.5. The molecular formula is C53H51NO3. The molecule has 1 unspecified atom stereocenters. The standard InChI is InChI=1S/C53H51NO3/c1-50(2)33-52(34-51(50,3)4)44-20-12-11-18-39(44)38-17-9-10-19-40(38)47-42-31-45-46(56-30-29-55-45)32-43(42)49-41(48(47)52)25-26-53(57-49,35-15-7-5-8-16-35)36-21-23-37(24-22-36)54-27-13-6-14-28-54/h5,7-12,15-26,31-32H,6,13-14,27-30,33-34H2,1-4H3. The summed E-state index contributed by atoms with van der Waals surface area (Å²) in [6.45, 7) is 13.2. The summed E-state index contributed by atoms with van der Waals surface area (Å²) in [5.41, 5.74) is 11.6. The zero-order valence-corrected chi connectivity index (χ0v) is 33.7. The minimum Gasteiger partial charge on any atom is -0.486 e. The fourth-order valence-corrected chi connectivity index (χ4v) is 11.3. The Balaban J connectivity index is 1.24. The Morgan fingerprint density at radius 1 is 0.579 bits per heavy atom. The largest absolute Gasteiger partial charge is 0.486 e. The van der Waals surface area contributed by atoms with Crippen LogP contribution in [0.3, 0.4) is 0 Å². The van der Waals surface area contributed by atoms with Crippen molar-refractivity contribution in [3.8, 4) is 39.5 Å². The fraction of sp³-hybridized carbons (Fsp3) is 0.321. The summed E-state index contributed by atoms with van der Waals surface area (Å²) in [6.07, 6.45) is 10.6. The first kappa shape index (κ1) is 34.7. The molecule has 0 radical (unpaired) electrons. The highest BCUT2D eigenvalue weighted by Gasteiger charge is 2.59. The van der Waals surface area contributed by atoms with E-state index >= 15 is 0 Å². The Morgan fingerprint density at radius 3 is 1.88 bits per heavy atom. The Labute approximate surface area is 337 Å². The van der Waals surface area contributed by atoms with Crippen LogP contribution in [0.4, 0.5) is 5.69 Å². The van der Waals surface area contributed by atoms with E-state index in [4.69, 9.17) is 14.2 Å². The summed E-state index contributed by atoms with van der Waals surface area (Å²) in [7, 11) is 0. The molecule has 2 aliphatic carbocycles. The lowest BCUT2D eigenvalue weighted by Gasteiger charge is -2.41. The molecule has 1 saturated carbocycles. The number of benzene rings is 6. The monoisotopic (exact) mass is 749 g/mol. The lowest BCUT2D eigenvalue weighted by atomic mass is 9.66. The number of hydrogen-bond acceptors (Lipinski definition) is 4. The fourth-order valence-electron chi connectivity index (χ4n) is 11.3. The minimum absolute atomic E-state index is 0.0612. The molecule has 4 nitrogen and oxygen atoms in total. The maximum Gasteiger partial charge on any atom is 0.178 e. The van der Waals surface area contributed by atoms with E-state index < -0.39 is 5.60 Å². The second-order valence-corrected chi connectivity index (χ2v) is 18.5. The Hall–Kier alpha value is -5.48. The van der Waals surface area contributed by atoms with Crippen LogP contribution in [-0.2, 0) is 11.0 Å². The molecule has 1 spiro atoms. The van der Waals surface area contributed by atoms with Gasteiger partial charge in [0.05, 0.1) is 0 Å². The molecule has 0 N–H and O–H groups in total. The van der Waals surface area contributed by atoms with Gasteiger partial charge in [-0.15, -0.1) is 0 Å². The van der Waals surface area contributed by atoms with Gasteiger partial charge in [-0.25, -0.2) is 0 Å². The van der Waals surface area contributed by atoms with E-state index in [9.17, 15) is 0 Å². The van der Waals surface area contributed by atoms with Gasteiger partial charge >= 0.3 is 0 Å². The van der Waals surface area contributed by atoms with Gasteiger partial charge in [0.2, 0.25) is 0 Å². The minimum atomic E-state index is -0.856. The first-order valence-electron chi connectivity index (χ1n) is 21.1. The lowest BCUT2D eigenvalue weighted by Crippen LogP contribution is -2.36. The van der Waals surface area contributed by atoms with Gasteiger partial charge in [0.1, 0.15) is 19.0 Å². The van der Waals surface area contributed by atoms with Crippen LogP contribution in [0.25, 0.3) is 39.1 Å². The number of fused-ring (bicyclic) bond motifs is 13. The van der Waals surface area contributed by atoms with Gasteiger partial charge in [0.15, 0.2) is 17.1 Å². The molecule has 1 saturated heterocycles. The topological polar surface area (TPSA) is 30.9 Å². The molecule has 0 amide bonds. The molecule has 3 aliphatic heterocycles. The predicted octanol–water partition coefficient (Wildman–Crippen LogP) is 12.7. The van der Waals surface area contributed by atoms with Crippen molar-refractivity contribution in [2.24, 2.45) is 10.8 Å². The van der Waals surface area contributed by atoms with E-state index in [0.29, 0.717) is 13.2 Å². The van der Waals surface area contributed by atoms with Crippen LogP contribution in [0.15, 0.2) is 121 Å². The number of rotatable bonds is 3. The van der Waals surface area contributed by atoms with Crippen molar-refractivity contribution in [2.45, 2.75) is 70.8 Å². The molecule has 6 aromatic carbocycles. The summed E-state index contributed by atoms with van der Waals surface area (Å²) in [4.78, 5) is 2.53. The quantitative estimate of drug-likeness (QED) is 0.180. The van der Waals surface area contributed by atoms with Gasteiger partial charge < -0.3 is 19.1 Å². The van der Waals surface area contributed by atoms with E-state index in [1.165, 1.54) is 63.9 Å². The summed E-state index contributed by atoms with van der Waals surface area (Å²) >= 11 is 0. The van der Waals surface area contributed by atoms with Crippen molar-refractivity contribution in [3.05, 3.63) is 149 Å². The van der Waals surface area contributed by atoms with E-state index in [0.717, 1.165) is 65.1 Å². The van der Waals surface area contributed by atoms with Crippen LogP contribution in [0.1, 0.15) is 87.6 Å². The first-order valence-corrected chi connectivity index (χ1v) is 21.1. The molecule has 0 aromatic heterocycles. The Morgan fingerprint density at radius 2 is 1.18 bits per heavy atom. The average molecular weight is 750 g/mol. The molecule has 6 aromatic rings. The van der Waals surface area contributed by atoms with Gasteiger partial charge in [-0.1, -0.05) is 125 Å². The number of piperidine rings is 1. The third kappa shape index (κ3) is 5.05. The summed E-state index contributed by atoms with van der Waals surface area (Å²) < 4.78 is 20.6. The van der Waals surface area contributed by atoms with Crippen molar-refractivity contribution >= 4 is 22.5 Å². The molecule has 57 heavy (non-hydrogen) atoms. The third-order valence-corrected chi connectivity index (χ3v) is 14.7. The van der Waals surface area contributed by atoms with E-state index in [-0.39, 0.29) is 16.2 Å². The summed E-state index contributed by atoms with van der Waals surface area (Å²) in [5.74, 6) is 2.48. The van der Waals surface area contributed by atoms with Crippen LogP contribution in [0, 0.1) is 10.8 Å². The number of hydrogen-bond donors (Lipinski definition) is 0. The van der Waals surface area contributed by atoms with Crippen molar-refractivity contribution in [2.75, 3.05) is 31.2 Å². The van der Waals surface area contributed by atoms with Crippen LogP contribution >= 0.6 is 0 Å². The average Bonchev–Trinajstić information content (AvgIpc) is 3.39. The zero-order chi connectivity index (χ0) is 38.6. The first-order chi connectivity index (χ1) is 27.7. The molecule has 5 aliphatic rings. The van der Waals surface area contributed by atoms with Crippen LogP contribution in [-0.4, -0.2) is 26.3 Å². The highest BCUT2D eigenvalue weighted by Crippen LogP contribution is 2.69. The Bertz CT molecular complexity index is 2580. The highest BCUT2D eigenvalue weighted by atomic mass is 16.6. The molecule has 3 heterocycles. The molecule has 286 valence electrons. The third-order valence-electron chi connectivity index (χ3n) is 14.7. The van der Waals surface area contributed by atoms with E-state index in [1.54, 1.807) is 0 Å². The van der Waals surface area contributed by atoms with Crippen LogP contribution < -0.4 is 19.1 Å². The number of anilines is 1. The molecule has 1 atom stereocenters. The molecule has 4 heteroatoms. The molecular weight excluding hydrogens is 699 g/mol. The predicted molar refractivity (Wildman–Crippen MR) is 233 cm³/mol. The van der Waals surface area contributed by atoms with Gasteiger partial charge in [-0.05, 0) is 112 Å². The van der Waals surface area contributed by atoms with Crippen LogP contribution in [0.5, 0.6) is 17.2 Å². The highest BCUT2D eigenvalue weighted by molar-refractivity contribution is 6.10. The maximum atomic E-state index is 7.87. The van der Waals surface area contributed by atoms with Gasteiger partial charge in [0, 0.05) is 46.3 Å². The second-order valence-electron chi connectivity index (χ2n) is 18.5. The van der Waals surface area contributed by atoms with Crippen molar-refractivity contribution in [1.82, 2.24) is 0 Å². The maximum absolute atomic E-state index is 7.87. The summed E-state index contributed by atoms with van der Waals surface area (Å²) in [6, 6.07) is 42.8. The number of nitrogens with zero attached hydrogens (tertiary/aromatic N) is 1. The normalized spacial score (nSPS) is 21.9. The van der Waals surface area contributed by atoms with E-state index in [2.05, 4.69) is 160 Å². The summed E-state index contributed by atoms with van der Waals surface area (Å²) in [5, 5.41) is 2.20. The van der Waals surface area contributed by atoms with Gasteiger partial charge in [-0.2, -0.15) is 0 Å². The molecule has 0 bridgehead atoms. The zero-order valence-electron chi connectivity index (χ0n) is 33.7. The smallest absolute Gasteiger partial charge is 0.178 e. The van der Waals surface area contributed by atoms with Crippen molar-refractivity contribution < 1.29 is 14.2 Å². The van der Waals surface area contributed by atoms with Gasteiger partial charge in [0.25, 0.3) is 0 Å². The SMILES string of the molecule is CC1(C)CC2(CC1(C)C)c1ccccc1-c1ccccc1-c1c2c2c(c3cc4c(cc13)OCCO4)OC(c1ccccc1)(c1ccc(N3CCCCC3)cc1)C=C2. The molecule has 2 fully saturated rings. The van der Waals surface area contributed by atoms with Gasteiger partial charge in [-0.3, -0.25) is 0 Å². The molecule has 11 rings (SSSR count).